The summed E-state index contributed by atoms with van der Waals surface area (Å²) >= 11 is 0. The molecule has 9 nitrogen and oxygen atoms in total. The van der Waals surface area contributed by atoms with E-state index < -0.39 is 63.7 Å². The highest BCUT2D eigenvalue weighted by molar-refractivity contribution is 7.87. The molecule has 3 fully saturated rings. The van der Waals surface area contributed by atoms with Crippen molar-refractivity contribution in [3.05, 3.63) is 0 Å². The van der Waals surface area contributed by atoms with E-state index in [0.29, 0.717) is 0 Å². The van der Waals surface area contributed by atoms with Crippen LogP contribution >= 0.6 is 0 Å². The highest BCUT2D eigenvalue weighted by Crippen LogP contribution is 2.41. The van der Waals surface area contributed by atoms with E-state index in [1.807, 2.05) is 0 Å². The van der Waals surface area contributed by atoms with E-state index >= 15 is 0 Å². The molecule has 27 heavy (non-hydrogen) atoms. The first kappa shape index (κ1) is 20.7. The molecular weight excluding hydrogens is 401 g/mol. The van der Waals surface area contributed by atoms with Gasteiger partial charge in [0.05, 0.1) is 6.61 Å². The Kier molecular flexibility index (Phi) is 4.80. The monoisotopic (exact) mass is 420 g/mol. The van der Waals surface area contributed by atoms with Crippen molar-refractivity contribution in [2.75, 3.05) is 6.61 Å². The summed E-state index contributed by atoms with van der Waals surface area (Å²) in [4.78, 5) is 12.1. The number of rotatable bonds is 3. The summed E-state index contributed by atoms with van der Waals surface area (Å²) in [6, 6.07) is 0. The molecule has 3 saturated heterocycles. The van der Waals surface area contributed by atoms with Crippen LogP contribution in [0.5, 0.6) is 0 Å². The van der Waals surface area contributed by atoms with Gasteiger partial charge in [-0.05, 0) is 27.7 Å². The van der Waals surface area contributed by atoms with Crippen molar-refractivity contribution in [3.63, 3.8) is 0 Å². The number of ether oxygens (including phenoxy) is 5. The Morgan fingerprint density at radius 2 is 1.59 bits per heavy atom. The molecule has 5 atom stereocenters. The highest BCUT2D eigenvalue weighted by atomic mass is 32.2. The van der Waals surface area contributed by atoms with Crippen LogP contribution in [0.3, 0.4) is 0 Å². The van der Waals surface area contributed by atoms with Crippen LogP contribution in [0.1, 0.15) is 27.7 Å². The Morgan fingerprint density at radius 1 is 1.00 bits per heavy atom. The van der Waals surface area contributed by atoms with Gasteiger partial charge >= 0.3 is 21.6 Å². The van der Waals surface area contributed by atoms with Crippen LogP contribution in [0.2, 0.25) is 0 Å². The summed E-state index contributed by atoms with van der Waals surface area (Å²) in [5, 5.41) is 0. The molecule has 0 bridgehead atoms. The van der Waals surface area contributed by atoms with Crippen molar-refractivity contribution in [2.45, 2.75) is 75.3 Å². The number of carbonyl (C=O) groups is 1. The molecule has 0 radical (unpaired) electrons. The summed E-state index contributed by atoms with van der Waals surface area (Å²) in [5.41, 5.74) is -5.70. The van der Waals surface area contributed by atoms with Crippen LogP contribution in [-0.2, 0) is 42.8 Å². The quantitative estimate of drug-likeness (QED) is 0.373. The molecule has 0 amide bonds. The fourth-order valence-electron chi connectivity index (χ4n) is 3.16. The predicted octanol–water partition coefficient (Wildman–Crippen LogP) is 0.818. The first-order chi connectivity index (χ1) is 12.1. The number of alkyl halides is 3. The van der Waals surface area contributed by atoms with Crippen molar-refractivity contribution >= 4 is 16.1 Å². The lowest BCUT2D eigenvalue weighted by Crippen LogP contribution is -2.59. The first-order valence-electron chi connectivity index (χ1n) is 7.99. The predicted molar refractivity (Wildman–Crippen MR) is 78.5 cm³/mol. The maximum atomic E-state index is 12.6. The van der Waals surface area contributed by atoms with Crippen LogP contribution in [0, 0.1) is 0 Å². The summed E-state index contributed by atoms with van der Waals surface area (Å²) < 4.78 is 92.0. The lowest BCUT2D eigenvalue weighted by molar-refractivity contribution is -0.341. The minimum Gasteiger partial charge on any atom is -0.455 e. The summed E-state index contributed by atoms with van der Waals surface area (Å²) in [5.74, 6) is -3.62. The Labute approximate surface area is 153 Å². The lowest BCUT2D eigenvalue weighted by Gasteiger charge is -2.44. The molecule has 0 spiro atoms. The molecule has 0 aromatic heterocycles. The maximum Gasteiger partial charge on any atom is 0.523 e. The molecule has 13 heteroatoms. The van der Waals surface area contributed by atoms with E-state index in [4.69, 9.17) is 23.7 Å². The first-order valence-corrected chi connectivity index (χ1v) is 9.40. The van der Waals surface area contributed by atoms with Crippen LogP contribution < -0.4 is 0 Å². The van der Waals surface area contributed by atoms with Crippen molar-refractivity contribution in [1.82, 2.24) is 0 Å². The third-order valence-corrected chi connectivity index (χ3v) is 5.21. The van der Waals surface area contributed by atoms with Gasteiger partial charge < -0.3 is 23.7 Å². The molecular formula is C14H19F3O9S. The van der Waals surface area contributed by atoms with E-state index in [9.17, 15) is 26.4 Å². The Hall–Kier alpha value is -0.990. The largest absolute Gasteiger partial charge is 0.523 e. The fraction of sp³-hybridized carbons (Fsp3) is 0.929. The standard InChI is InChI=1S/C14H19F3O9S/c1-12(2)21-5-6(23-12)7-8-9(25-13(3,4)24-7)10(11(18)22-8)26-27(19,20)14(15,16)17/h6-10H,5H2,1-4H3/t6-,7-,8+,9-,10+/m1/s1. The van der Waals surface area contributed by atoms with Crippen LogP contribution in [0.4, 0.5) is 13.2 Å². The zero-order valence-corrected chi connectivity index (χ0v) is 15.6. The van der Waals surface area contributed by atoms with E-state index in [-0.39, 0.29) is 6.61 Å². The third kappa shape index (κ3) is 3.93. The molecule has 3 aliphatic rings. The minimum absolute atomic E-state index is 0.0703. The maximum absolute atomic E-state index is 12.6. The Balaban J connectivity index is 1.87. The molecule has 3 heterocycles. The second kappa shape index (κ2) is 6.26. The SMILES string of the molecule is CC1(C)O[C@@H]2[C@@H](OC(=O)[C@H]2OS(=O)(=O)C(F)(F)F)[C@@H]([C@H]2COC(C)(C)O2)O1. The highest BCUT2D eigenvalue weighted by Gasteiger charge is 2.62. The zero-order chi connectivity index (χ0) is 20.4. The molecule has 0 N–H and O–H groups in total. The number of hydrogen-bond acceptors (Lipinski definition) is 9. The molecule has 3 rings (SSSR count). The molecule has 3 aliphatic heterocycles. The van der Waals surface area contributed by atoms with Crippen LogP contribution in [0.15, 0.2) is 0 Å². The summed E-state index contributed by atoms with van der Waals surface area (Å²) in [7, 11) is -6.03. The van der Waals surface area contributed by atoms with Gasteiger partial charge in [-0.15, -0.1) is 0 Å². The lowest BCUT2D eigenvalue weighted by atomic mass is 9.99. The topological polar surface area (TPSA) is 107 Å². The number of carbonyl (C=O) groups excluding carboxylic acids is 1. The van der Waals surface area contributed by atoms with Crippen LogP contribution in [-0.4, -0.2) is 68.6 Å². The number of esters is 1. The third-order valence-electron chi connectivity index (χ3n) is 4.18. The van der Waals surface area contributed by atoms with Crippen molar-refractivity contribution in [1.29, 1.82) is 0 Å². The van der Waals surface area contributed by atoms with Gasteiger partial charge in [0.2, 0.25) is 6.10 Å². The normalized spacial score (nSPS) is 38.5. The van der Waals surface area contributed by atoms with E-state index in [0.717, 1.165) is 0 Å². The number of halogens is 3. The summed E-state index contributed by atoms with van der Waals surface area (Å²) in [6.45, 7) is 6.28. The van der Waals surface area contributed by atoms with Crippen molar-refractivity contribution < 1.29 is 54.3 Å². The van der Waals surface area contributed by atoms with Gasteiger partial charge in [0, 0.05) is 0 Å². The van der Waals surface area contributed by atoms with Gasteiger partial charge in [-0.3, -0.25) is 0 Å². The van der Waals surface area contributed by atoms with Gasteiger partial charge in [0.1, 0.15) is 18.3 Å². The second-order valence-electron chi connectivity index (χ2n) is 7.25. The Morgan fingerprint density at radius 3 is 2.11 bits per heavy atom. The second-order valence-corrected chi connectivity index (χ2v) is 8.81. The fourth-order valence-corrected chi connectivity index (χ4v) is 3.73. The van der Waals surface area contributed by atoms with E-state index in [2.05, 4.69) is 4.18 Å². The molecule has 0 aromatic rings. The number of hydrogen-bond donors (Lipinski definition) is 0. The number of fused-ring (bicyclic) bond motifs is 1. The van der Waals surface area contributed by atoms with Gasteiger partial charge in [0.15, 0.2) is 17.7 Å². The van der Waals surface area contributed by atoms with E-state index in [1.54, 1.807) is 13.8 Å². The van der Waals surface area contributed by atoms with Gasteiger partial charge in [0.25, 0.3) is 0 Å². The molecule has 0 unspecified atom stereocenters. The molecule has 0 saturated carbocycles. The van der Waals surface area contributed by atoms with Crippen molar-refractivity contribution in [2.24, 2.45) is 0 Å². The van der Waals surface area contributed by atoms with Gasteiger partial charge in [-0.1, -0.05) is 0 Å². The zero-order valence-electron chi connectivity index (χ0n) is 14.8. The molecule has 0 aromatic carbocycles. The molecule has 0 aliphatic carbocycles. The van der Waals surface area contributed by atoms with Gasteiger partial charge in [-0.2, -0.15) is 21.6 Å². The molecule has 156 valence electrons. The Bertz CT molecular complexity index is 718. The average Bonchev–Trinajstić information content (AvgIpc) is 2.97. The average molecular weight is 420 g/mol. The smallest absolute Gasteiger partial charge is 0.455 e. The van der Waals surface area contributed by atoms with Crippen LogP contribution in [0.25, 0.3) is 0 Å². The van der Waals surface area contributed by atoms with Crippen molar-refractivity contribution in [3.8, 4) is 0 Å². The summed E-state index contributed by atoms with van der Waals surface area (Å²) in [6.07, 6.45) is -6.49. The minimum atomic E-state index is -6.03. The van der Waals surface area contributed by atoms with E-state index in [1.165, 1.54) is 13.8 Å². The van der Waals surface area contributed by atoms with Gasteiger partial charge in [-0.25, -0.2) is 8.98 Å².